The molecule has 2 aliphatic rings. The van der Waals surface area contributed by atoms with Crippen LogP contribution in [0.4, 0.5) is 11.4 Å². The third-order valence-electron chi connectivity index (χ3n) is 5.67. The van der Waals surface area contributed by atoms with Crippen LogP contribution in [0.15, 0.2) is 48.5 Å². The summed E-state index contributed by atoms with van der Waals surface area (Å²) in [6.45, 7) is 3.10. The third kappa shape index (κ3) is 4.10. The fraction of sp³-hybridized carbons (Fsp3) is 0.409. The second-order valence-electron chi connectivity index (χ2n) is 7.78. The molecule has 2 aliphatic heterocycles. The zero-order valence-electron chi connectivity index (χ0n) is 16.8. The first-order chi connectivity index (χ1) is 14.0. The Bertz CT molecular complexity index is 1000. The summed E-state index contributed by atoms with van der Waals surface area (Å²) in [6.07, 6.45) is 3.03. The topological polar surface area (TPSA) is 60.9 Å². The van der Waals surface area contributed by atoms with Crippen LogP contribution in [0.5, 0.6) is 0 Å². The Morgan fingerprint density at radius 1 is 1.00 bits per heavy atom. The molecular formula is C22H27N3O3S. The largest absolute Gasteiger partial charge is 0.371 e. The number of anilines is 2. The van der Waals surface area contributed by atoms with Crippen LogP contribution in [0.25, 0.3) is 0 Å². The van der Waals surface area contributed by atoms with Crippen molar-refractivity contribution in [3.05, 3.63) is 59.7 Å². The van der Waals surface area contributed by atoms with E-state index in [-0.39, 0.29) is 11.7 Å². The lowest BCUT2D eigenvalue weighted by Crippen LogP contribution is -2.29. The summed E-state index contributed by atoms with van der Waals surface area (Å²) in [7, 11) is -1.47. The lowest BCUT2D eigenvalue weighted by Gasteiger charge is -2.25. The van der Waals surface area contributed by atoms with Crippen molar-refractivity contribution < 1.29 is 13.2 Å². The van der Waals surface area contributed by atoms with E-state index in [9.17, 15) is 13.2 Å². The first-order valence-corrected chi connectivity index (χ1v) is 11.8. The Balaban J connectivity index is 1.53. The SMILES string of the molecule is CN(Cc1ccccc1N1CCCC1)C(=O)c1cccc(N2CCCS2(=O)=O)c1. The highest BCUT2D eigenvalue weighted by molar-refractivity contribution is 7.93. The van der Waals surface area contributed by atoms with Gasteiger partial charge in [0.05, 0.1) is 11.4 Å². The van der Waals surface area contributed by atoms with Gasteiger partial charge in [0.15, 0.2) is 0 Å². The fourth-order valence-corrected chi connectivity index (χ4v) is 5.74. The number of benzene rings is 2. The Kier molecular flexibility index (Phi) is 5.50. The van der Waals surface area contributed by atoms with Gasteiger partial charge in [-0.3, -0.25) is 9.10 Å². The lowest BCUT2D eigenvalue weighted by atomic mass is 10.1. The predicted octanol–water partition coefficient (Wildman–Crippen LogP) is 3.10. The number of carbonyl (C=O) groups is 1. The van der Waals surface area contributed by atoms with Gasteiger partial charge in [0.25, 0.3) is 5.91 Å². The summed E-state index contributed by atoms with van der Waals surface area (Å²) in [5.74, 6) is 0.0536. The predicted molar refractivity (Wildman–Crippen MR) is 116 cm³/mol. The van der Waals surface area contributed by atoms with E-state index in [1.165, 1.54) is 22.8 Å². The van der Waals surface area contributed by atoms with Crippen LogP contribution in [0.1, 0.15) is 35.2 Å². The highest BCUT2D eigenvalue weighted by atomic mass is 32.2. The highest BCUT2D eigenvalue weighted by Crippen LogP contribution is 2.27. The molecule has 1 amide bonds. The van der Waals surface area contributed by atoms with Crippen molar-refractivity contribution in [3.63, 3.8) is 0 Å². The molecular weight excluding hydrogens is 386 g/mol. The highest BCUT2D eigenvalue weighted by Gasteiger charge is 2.29. The first-order valence-electron chi connectivity index (χ1n) is 10.1. The number of nitrogens with zero attached hydrogens (tertiary/aromatic N) is 3. The van der Waals surface area contributed by atoms with E-state index in [2.05, 4.69) is 17.0 Å². The maximum absolute atomic E-state index is 13.1. The zero-order valence-corrected chi connectivity index (χ0v) is 17.6. The van der Waals surface area contributed by atoms with E-state index >= 15 is 0 Å². The van der Waals surface area contributed by atoms with Gasteiger partial charge in [-0.25, -0.2) is 8.42 Å². The number of sulfonamides is 1. The summed E-state index contributed by atoms with van der Waals surface area (Å²) in [5.41, 5.74) is 3.40. The van der Waals surface area contributed by atoms with E-state index in [1.807, 2.05) is 12.1 Å². The third-order valence-corrected chi connectivity index (χ3v) is 7.54. The number of rotatable bonds is 5. The van der Waals surface area contributed by atoms with E-state index in [0.29, 0.717) is 30.8 Å². The minimum Gasteiger partial charge on any atom is -0.371 e. The Hall–Kier alpha value is -2.54. The number of hydrogen-bond acceptors (Lipinski definition) is 4. The van der Waals surface area contributed by atoms with Crippen molar-refractivity contribution in [2.45, 2.75) is 25.8 Å². The van der Waals surface area contributed by atoms with Crippen LogP contribution >= 0.6 is 0 Å². The number of amides is 1. The molecule has 154 valence electrons. The van der Waals surface area contributed by atoms with Gasteiger partial charge in [-0.1, -0.05) is 24.3 Å². The molecule has 0 radical (unpaired) electrons. The molecule has 0 atom stereocenters. The van der Waals surface area contributed by atoms with Gasteiger partial charge in [0.1, 0.15) is 0 Å². The van der Waals surface area contributed by atoms with Crippen LogP contribution in [-0.2, 0) is 16.6 Å². The van der Waals surface area contributed by atoms with Crippen LogP contribution < -0.4 is 9.21 Å². The van der Waals surface area contributed by atoms with Gasteiger partial charge >= 0.3 is 0 Å². The van der Waals surface area contributed by atoms with Crippen molar-refractivity contribution in [2.75, 3.05) is 41.6 Å². The summed E-state index contributed by atoms with van der Waals surface area (Å²) in [5, 5.41) is 0. The van der Waals surface area contributed by atoms with E-state index in [1.54, 1.807) is 36.2 Å². The first kappa shape index (κ1) is 19.8. The van der Waals surface area contributed by atoms with Crippen LogP contribution in [-0.4, -0.2) is 51.7 Å². The molecule has 2 heterocycles. The molecule has 0 saturated carbocycles. The van der Waals surface area contributed by atoms with Gasteiger partial charge in [-0.2, -0.15) is 0 Å². The molecule has 29 heavy (non-hydrogen) atoms. The second-order valence-corrected chi connectivity index (χ2v) is 9.79. The van der Waals surface area contributed by atoms with Gasteiger partial charge in [-0.05, 0) is 49.1 Å². The molecule has 2 fully saturated rings. The van der Waals surface area contributed by atoms with Crippen molar-refractivity contribution >= 4 is 27.3 Å². The molecule has 0 N–H and O–H groups in total. The van der Waals surface area contributed by atoms with Crippen LogP contribution in [0, 0.1) is 0 Å². The summed E-state index contributed by atoms with van der Waals surface area (Å²) in [4.78, 5) is 17.1. The van der Waals surface area contributed by atoms with Crippen LogP contribution in [0.2, 0.25) is 0 Å². The van der Waals surface area contributed by atoms with E-state index < -0.39 is 10.0 Å². The molecule has 2 aromatic rings. The smallest absolute Gasteiger partial charge is 0.253 e. The molecule has 7 heteroatoms. The molecule has 0 unspecified atom stereocenters. The minimum atomic E-state index is -3.26. The van der Waals surface area contributed by atoms with Crippen molar-refractivity contribution in [1.29, 1.82) is 0 Å². The average molecular weight is 414 g/mol. The van der Waals surface area contributed by atoms with Crippen molar-refractivity contribution in [1.82, 2.24) is 4.90 Å². The minimum absolute atomic E-state index is 0.111. The zero-order chi connectivity index (χ0) is 20.4. The van der Waals surface area contributed by atoms with Gasteiger partial charge < -0.3 is 9.80 Å². The monoisotopic (exact) mass is 413 g/mol. The molecule has 0 aliphatic carbocycles. The van der Waals surface area contributed by atoms with Gasteiger partial charge in [0, 0.05) is 44.5 Å². The molecule has 4 rings (SSSR count). The van der Waals surface area contributed by atoms with Crippen LogP contribution in [0.3, 0.4) is 0 Å². The maximum Gasteiger partial charge on any atom is 0.253 e. The van der Waals surface area contributed by atoms with E-state index in [0.717, 1.165) is 18.7 Å². The van der Waals surface area contributed by atoms with Crippen molar-refractivity contribution in [2.24, 2.45) is 0 Å². The van der Waals surface area contributed by atoms with Gasteiger partial charge in [0.2, 0.25) is 10.0 Å². The fourth-order valence-electron chi connectivity index (χ4n) is 4.18. The maximum atomic E-state index is 13.1. The average Bonchev–Trinajstić information content (AvgIpc) is 3.37. The Labute approximate surface area is 172 Å². The van der Waals surface area contributed by atoms with Crippen molar-refractivity contribution in [3.8, 4) is 0 Å². The molecule has 6 nitrogen and oxygen atoms in total. The standard InChI is InChI=1S/C22H27N3O3S/c1-23(17-19-8-2-3-11-21(19)24-12-4-5-13-24)22(26)18-9-6-10-20(16-18)25-14-7-15-29(25,27)28/h2-3,6,8-11,16H,4-5,7,12-15,17H2,1H3. The molecule has 0 aromatic heterocycles. The summed E-state index contributed by atoms with van der Waals surface area (Å²) < 4.78 is 25.8. The number of hydrogen-bond donors (Lipinski definition) is 0. The van der Waals surface area contributed by atoms with Gasteiger partial charge in [-0.15, -0.1) is 0 Å². The molecule has 2 saturated heterocycles. The molecule has 0 spiro atoms. The lowest BCUT2D eigenvalue weighted by molar-refractivity contribution is 0.0785. The Morgan fingerprint density at radius 3 is 2.48 bits per heavy atom. The number of carbonyl (C=O) groups excluding carboxylic acids is 1. The molecule has 0 bridgehead atoms. The Morgan fingerprint density at radius 2 is 1.76 bits per heavy atom. The van der Waals surface area contributed by atoms with E-state index in [4.69, 9.17) is 0 Å². The quantitative estimate of drug-likeness (QED) is 0.756. The number of para-hydroxylation sites is 1. The molecule has 2 aromatic carbocycles. The second kappa shape index (κ2) is 8.06. The summed E-state index contributed by atoms with van der Waals surface area (Å²) in [6, 6.07) is 15.2. The normalized spacial score (nSPS) is 18.2. The summed E-state index contributed by atoms with van der Waals surface area (Å²) >= 11 is 0.